The van der Waals surface area contributed by atoms with Crippen LogP contribution in [0.3, 0.4) is 0 Å². The van der Waals surface area contributed by atoms with E-state index in [9.17, 15) is 28.7 Å². The zero-order valence-electron chi connectivity index (χ0n) is 26.2. The molecule has 2 aliphatic carbocycles. The smallest absolute Gasteiger partial charge is 0.328 e. The molecule has 1 saturated carbocycles. The van der Waals surface area contributed by atoms with Gasteiger partial charge in [-0.1, -0.05) is 35.4 Å². The molecule has 49 heavy (non-hydrogen) atoms. The monoisotopic (exact) mass is 688 g/mol. The number of hydrogen-bond donors (Lipinski definition) is 3. The molecule has 4 N–H and O–H groups in total. The normalized spacial score (nSPS) is 27.3. The minimum absolute atomic E-state index is 0.0294. The minimum atomic E-state index is -1.77. The predicted molar refractivity (Wildman–Crippen MR) is 172 cm³/mol. The van der Waals surface area contributed by atoms with Crippen LogP contribution in [0.1, 0.15) is 29.9 Å². The Bertz CT molecular complexity index is 1970. The van der Waals surface area contributed by atoms with E-state index in [1.54, 1.807) is 30.3 Å². The fourth-order valence-electron chi connectivity index (χ4n) is 8.35. The third-order valence-electron chi connectivity index (χ3n) is 10.3. The third kappa shape index (κ3) is 4.59. The molecule has 2 heterocycles. The molecule has 252 valence electrons. The van der Waals surface area contributed by atoms with Gasteiger partial charge in [0.2, 0.25) is 11.8 Å². The maximum Gasteiger partial charge on any atom is 0.328 e. The number of fused-ring (bicyclic) bond motifs is 4. The van der Waals surface area contributed by atoms with E-state index in [0.29, 0.717) is 21.1 Å². The van der Waals surface area contributed by atoms with Gasteiger partial charge in [0.25, 0.3) is 11.8 Å². The van der Waals surface area contributed by atoms with Crippen molar-refractivity contribution in [1.82, 2.24) is 9.91 Å². The summed E-state index contributed by atoms with van der Waals surface area (Å²) in [6.07, 6.45) is 1.70. The second kappa shape index (κ2) is 11.6. The van der Waals surface area contributed by atoms with Gasteiger partial charge >= 0.3 is 6.03 Å². The lowest BCUT2D eigenvalue weighted by atomic mass is 9.49. The summed E-state index contributed by atoms with van der Waals surface area (Å²) in [5.74, 6) is -8.49. The van der Waals surface area contributed by atoms with Gasteiger partial charge in [-0.25, -0.2) is 9.18 Å². The molecule has 0 unspecified atom stereocenters. The van der Waals surface area contributed by atoms with E-state index in [1.165, 1.54) is 50.6 Å². The van der Waals surface area contributed by atoms with Crippen molar-refractivity contribution in [3.8, 4) is 17.2 Å². The fraction of sp³-hybridized carbons (Fsp3) is 0.286. The first-order valence-electron chi connectivity index (χ1n) is 15.4. The summed E-state index contributed by atoms with van der Waals surface area (Å²) in [7, 11) is 2.79. The molecular formula is C35H30ClFN4O8. The highest BCUT2D eigenvalue weighted by molar-refractivity contribution is 6.30. The second-order valence-electron chi connectivity index (χ2n) is 12.5. The van der Waals surface area contributed by atoms with E-state index < -0.39 is 70.5 Å². The SMILES string of the molecule is COc1cc(O)c([C@H]2C3=CC[C@@H]4C(=O)N(C(N)=O)C(=O)[C@@H]4[C@@H]3C[C@H]3C(=O)N(Nc4ccc(F)cc4)C(=O)[C@@]23c2ccc(Cl)cc2)c(OC)c1. The molecule has 3 aromatic carbocycles. The number of nitrogens with zero attached hydrogens (tertiary/aromatic N) is 2. The van der Waals surface area contributed by atoms with Gasteiger partial charge in [0.15, 0.2) is 0 Å². The zero-order valence-corrected chi connectivity index (χ0v) is 26.9. The Labute approximate surface area is 284 Å². The molecule has 0 bridgehead atoms. The standard InChI is InChI=1S/C35H30ClFN4O8/c1-48-20-13-25(42)28(26(14-20)49-2)29-21-11-12-22-27(32(45)40(30(22)43)34(38)47)23(21)15-24-31(44)41(39-19-9-7-18(37)8-10-19)33(46)35(24,29)16-3-5-17(36)6-4-16/h3-11,13-14,22-24,27,29,39,42H,12,15H2,1-2H3,(H2,38,47)/t22-,23+,24-,27-,29+,35+/m0/s1. The van der Waals surface area contributed by atoms with Crippen LogP contribution >= 0.6 is 11.6 Å². The summed E-state index contributed by atoms with van der Waals surface area (Å²) in [5.41, 5.74) is 7.83. The summed E-state index contributed by atoms with van der Waals surface area (Å²) < 4.78 is 25.0. The number of imide groups is 4. The number of phenolic OH excluding ortho intramolecular Hbond substituents is 1. The van der Waals surface area contributed by atoms with Crippen LogP contribution < -0.4 is 20.6 Å². The lowest BCUT2D eigenvalue weighted by Gasteiger charge is -2.50. The number of anilines is 1. The number of aromatic hydroxyl groups is 1. The molecule has 7 rings (SSSR count). The van der Waals surface area contributed by atoms with Gasteiger partial charge in [-0.15, -0.1) is 0 Å². The van der Waals surface area contributed by atoms with Crippen molar-refractivity contribution in [2.45, 2.75) is 24.2 Å². The highest BCUT2D eigenvalue weighted by Gasteiger charge is 2.71. The summed E-state index contributed by atoms with van der Waals surface area (Å²) in [4.78, 5) is 69.6. The molecule has 14 heteroatoms. The Morgan fingerprint density at radius 2 is 1.67 bits per heavy atom. The number of halogens is 2. The number of nitrogens with two attached hydrogens (primary N) is 1. The number of urea groups is 1. The molecule has 4 aliphatic rings. The van der Waals surface area contributed by atoms with Gasteiger partial charge in [0, 0.05) is 28.6 Å². The maximum atomic E-state index is 15.2. The minimum Gasteiger partial charge on any atom is -0.507 e. The Kier molecular flexibility index (Phi) is 7.62. The van der Waals surface area contributed by atoms with Crippen molar-refractivity contribution < 1.29 is 42.9 Å². The van der Waals surface area contributed by atoms with Gasteiger partial charge in [-0.05, 0) is 60.7 Å². The van der Waals surface area contributed by atoms with E-state index >= 15 is 4.79 Å². The lowest BCUT2D eigenvalue weighted by molar-refractivity contribution is -0.139. The van der Waals surface area contributed by atoms with Crippen LogP contribution in [-0.2, 0) is 24.6 Å². The number of ether oxygens (including phenoxy) is 2. The highest BCUT2D eigenvalue weighted by atomic mass is 35.5. The summed E-state index contributed by atoms with van der Waals surface area (Å²) in [5, 5.41) is 13.0. The first-order chi connectivity index (χ1) is 23.4. The van der Waals surface area contributed by atoms with Crippen molar-refractivity contribution >= 4 is 46.9 Å². The Morgan fingerprint density at radius 3 is 2.31 bits per heavy atom. The second-order valence-corrected chi connectivity index (χ2v) is 12.9. The van der Waals surface area contributed by atoms with Gasteiger partial charge < -0.3 is 20.3 Å². The molecule has 0 radical (unpaired) electrons. The van der Waals surface area contributed by atoms with Crippen molar-refractivity contribution in [2.24, 2.45) is 29.4 Å². The van der Waals surface area contributed by atoms with E-state index in [2.05, 4.69) is 5.43 Å². The maximum absolute atomic E-state index is 15.2. The fourth-order valence-corrected chi connectivity index (χ4v) is 8.48. The number of likely N-dealkylation sites (tertiary alicyclic amines) is 1. The summed E-state index contributed by atoms with van der Waals surface area (Å²) in [6.45, 7) is 0. The van der Waals surface area contributed by atoms with Crippen molar-refractivity contribution in [2.75, 3.05) is 19.6 Å². The molecule has 6 atom stereocenters. The number of primary amides is 1. The molecule has 0 spiro atoms. The number of amides is 6. The van der Waals surface area contributed by atoms with Gasteiger partial charge in [-0.2, -0.15) is 9.91 Å². The molecule has 0 aromatic heterocycles. The highest BCUT2D eigenvalue weighted by Crippen LogP contribution is 2.66. The molecule has 2 saturated heterocycles. The summed E-state index contributed by atoms with van der Waals surface area (Å²) >= 11 is 6.30. The third-order valence-corrected chi connectivity index (χ3v) is 10.6. The van der Waals surface area contributed by atoms with Crippen molar-refractivity contribution in [3.63, 3.8) is 0 Å². The largest absolute Gasteiger partial charge is 0.507 e. The van der Waals surface area contributed by atoms with Crippen LogP contribution in [0.5, 0.6) is 17.2 Å². The number of hydrogen-bond acceptors (Lipinski definition) is 9. The average Bonchev–Trinajstić information content (AvgIpc) is 3.46. The number of hydrazine groups is 1. The first kappa shape index (κ1) is 32.1. The zero-order chi connectivity index (χ0) is 34.9. The van der Waals surface area contributed by atoms with Crippen LogP contribution in [0.25, 0.3) is 0 Å². The Hall–Kier alpha value is -5.43. The van der Waals surface area contributed by atoms with Crippen LogP contribution in [0.15, 0.2) is 72.3 Å². The Morgan fingerprint density at radius 1 is 0.980 bits per heavy atom. The van der Waals surface area contributed by atoms with Crippen LogP contribution in [0.4, 0.5) is 14.9 Å². The van der Waals surface area contributed by atoms with E-state index in [4.69, 9.17) is 26.8 Å². The lowest BCUT2D eigenvalue weighted by Crippen LogP contribution is -2.53. The average molecular weight is 689 g/mol. The Balaban J connectivity index is 1.51. The van der Waals surface area contributed by atoms with Crippen molar-refractivity contribution in [1.29, 1.82) is 0 Å². The van der Waals surface area contributed by atoms with Crippen LogP contribution in [-0.4, -0.2) is 58.9 Å². The molecule has 3 fully saturated rings. The molecule has 12 nitrogen and oxygen atoms in total. The van der Waals surface area contributed by atoms with Gasteiger partial charge in [-0.3, -0.25) is 24.6 Å². The predicted octanol–water partition coefficient (Wildman–Crippen LogP) is 4.27. The number of rotatable bonds is 6. The molecular weight excluding hydrogens is 659 g/mol. The van der Waals surface area contributed by atoms with Crippen LogP contribution in [0.2, 0.25) is 5.02 Å². The van der Waals surface area contributed by atoms with Crippen LogP contribution in [0, 0.1) is 29.5 Å². The number of benzene rings is 3. The van der Waals surface area contributed by atoms with Gasteiger partial charge in [0.05, 0.1) is 43.1 Å². The molecule has 2 aliphatic heterocycles. The number of phenols is 1. The number of nitrogens with one attached hydrogen (secondary N) is 1. The topological polar surface area (TPSA) is 169 Å². The summed E-state index contributed by atoms with van der Waals surface area (Å²) in [6, 6.07) is 13.2. The van der Waals surface area contributed by atoms with E-state index in [0.717, 1.165) is 5.01 Å². The first-order valence-corrected chi connectivity index (χ1v) is 15.8. The molecule has 3 aromatic rings. The molecule has 6 amide bonds. The van der Waals surface area contributed by atoms with Gasteiger partial charge in [0.1, 0.15) is 23.1 Å². The van der Waals surface area contributed by atoms with E-state index in [-0.39, 0.29) is 41.3 Å². The van der Waals surface area contributed by atoms with E-state index in [1.807, 2.05) is 0 Å². The number of methoxy groups -OCH3 is 2. The number of allylic oxidation sites excluding steroid dienone is 2. The number of carbonyl (C=O) groups excluding carboxylic acids is 5. The van der Waals surface area contributed by atoms with Crippen molar-refractivity contribution in [3.05, 3.63) is 94.3 Å². The number of carbonyl (C=O) groups is 5. The quantitative estimate of drug-likeness (QED) is 0.253.